The Kier molecular flexibility index (Phi) is 12.2. The Hall–Kier alpha value is -5.69. The van der Waals surface area contributed by atoms with E-state index in [9.17, 15) is 4.79 Å². The minimum Gasteiger partial charge on any atom is -0.369 e. The van der Waals surface area contributed by atoms with Gasteiger partial charge in [-0.1, -0.05) is 20.8 Å². The molecule has 1 atom stereocenters. The number of hydrogen-bond donors (Lipinski definition) is 2. The van der Waals surface area contributed by atoms with Crippen molar-refractivity contribution in [1.82, 2.24) is 38.9 Å². The van der Waals surface area contributed by atoms with Crippen molar-refractivity contribution in [3.05, 3.63) is 83.9 Å². The molecule has 13 nitrogen and oxygen atoms in total. The first kappa shape index (κ1) is 41.1. The van der Waals surface area contributed by atoms with Gasteiger partial charge in [-0.3, -0.25) is 4.79 Å². The molecule has 6 heterocycles. The van der Waals surface area contributed by atoms with Crippen LogP contribution in [0.15, 0.2) is 67.3 Å². The molecule has 60 heavy (non-hydrogen) atoms. The van der Waals surface area contributed by atoms with E-state index < -0.39 is 0 Å². The smallest absolute Gasteiger partial charge is 0.229 e. The summed E-state index contributed by atoms with van der Waals surface area (Å²) >= 11 is 0. The molecule has 8 rings (SSSR count). The fraction of sp³-hybridized carbons (Fsp3) is 0.468. The molecule has 2 N–H and O–H groups in total. The molecule has 4 aromatic heterocycles. The fourth-order valence-corrected chi connectivity index (χ4v) is 9.05. The quantitative estimate of drug-likeness (QED) is 0.111. The first-order valence-corrected chi connectivity index (χ1v) is 22.0. The number of aromatic nitrogens is 6. The number of carbonyl (C=O) groups excluding carboxylic acids is 1. The predicted octanol–water partition coefficient (Wildman–Crippen LogP) is 8.65. The maximum atomic E-state index is 11.8. The average Bonchev–Trinajstić information content (AvgIpc) is 3.77. The Balaban J connectivity index is 1.03. The number of likely N-dealkylation sites (N-methyl/N-ethyl adjacent to an activating group) is 1. The molecule has 2 fully saturated rings. The zero-order valence-corrected chi connectivity index (χ0v) is 36.6. The number of amides is 1. The largest absolute Gasteiger partial charge is 0.369 e. The lowest BCUT2D eigenvalue weighted by Crippen LogP contribution is -2.48. The van der Waals surface area contributed by atoms with Crippen LogP contribution in [0.25, 0.3) is 22.1 Å². The Labute approximate surface area is 354 Å². The highest BCUT2D eigenvalue weighted by Crippen LogP contribution is 2.33. The first-order chi connectivity index (χ1) is 29.1. The van der Waals surface area contributed by atoms with Crippen molar-refractivity contribution < 1.29 is 4.79 Å². The number of anilines is 6. The summed E-state index contributed by atoms with van der Waals surface area (Å²) in [5.41, 5.74) is 9.97. The summed E-state index contributed by atoms with van der Waals surface area (Å²) in [5.74, 6) is 1.34. The summed E-state index contributed by atoms with van der Waals surface area (Å²) in [6, 6.07) is 15.9. The highest BCUT2D eigenvalue weighted by Gasteiger charge is 2.22. The Morgan fingerprint density at radius 2 is 1.22 bits per heavy atom. The Bertz CT molecular complexity index is 2420. The number of piperazine rings is 2. The lowest BCUT2D eigenvalue weighted by molar-refractivity contribution is -0.129. The van der Waals surface area contributed by atoms with E-state index in [2.05, 4.69) is 131 Å². The molecule has 6 aromatic rings. The van der Waals surface area contributed by atoms with Crippen molar-refractivity contribution >= 4 is 62.6 Å². The van der Waals surface area contributed by atoms with Crippen LogP contribution < -0.4 is 20.4 Å². The van der Waals surface area contributed by atoms with E-state index in [1.54, 1.807) is 6.92 Å². The maximum Gasteiger partial charge on any atom is 0.229 e. The van der Waals surface area contributed by atoms with Crippen LogP contribution >= 0.6 is 0 Å². The molecule has 0 bridgehead atoms. The van der Waals surface area contributed by atoms with Crippen LogP contribution in [0.3, 0.4) is 0 Å². The second-order valence-corrected chi connectivity index (χ2v) is 16.8. The van der Waals surface area contributed by atoms with Crippen molar-refractivity contribution in [3.8, 4) is 0 Å². The molecule has 316 valence electrons. The minimum atomic E-state index is 0.143. The molecule has 0 saturated carbocycles. The number of nitrogens with one attached hydrogen (secondary N) is 2. The molecule has 2 aliphatic heterocycles. The van der Waals surface area contributed by atoms with Gasteiger partial charge in [-0.15, -0.1) is 0 Å². The molecule has 1 amide bonds. The molecule has 2 aliphatic rings. The number of benzene rings is 2. The molecule has 0 radical (unpaired) electrons. The molecule has 1 unspecified atom stereocenters. The zero-order chi connectivity index (χ0) is 41.9. The van der Waals surface area contributed by atoms with Crippen LogP contribution in [0.2, 0.25) is 0 Å². The van der Waals surface area contributed by atoms with Crippen LogP contribution in [0.1, 0.15) is 82.2 Å². The number of fused-ring (bicyclic) bond motifs is 2. The zero-order valence-electron chi connectivity index (χ0n) is 36.6. The normalized spacial score (nSPS) is 15.7. The van der Waals surface area contributed by atoms with Crippen LogP contribution in [0, 0.1) is 13.8 Å². The van der Waals surface area contributed by atoms with Gasteiger partial charge in [0.2, 0.25) is 17.8 Å². The van der Waals surface area contributed by atoms with Gasteiger partial charge in [-0.05, 0) is 112 Å². The standard InChI is InChI=1S/C47H62N12O/c1-8-37(9-2)58-30-32(4)41-29-49-47(53-44(41)58)51-43-18-17-40(57-21-19-54(7)20-22-57)27-35(43)11-14-38(10-3)59-31-33(5)42-28-48-46(52-45(42)59)50-36-12-15-39(16-13-36)56-25-23-55(24-26-56)34(6)60/h12-13,15-18,27-31,37-38H,8-11,14,19-26H2,1-7H3,(H,48,50,52)(H,49,51,53). The second-order valence-electron chi connectivity index (χ2n) is 16.8. The fourth-order valence-electron chi connectivity index (χ4n) is 9.05. The summed E-state index contributed by atoms with van der Waals surface area (Å²) in [4.78, 5) is 40.7. The summed E-state index contributed by atoms with van der Waals surface area (Å²) in [7, 11) is 2.20. The van der Waals surface area contributed by atoms with Gasteiger partial charge in [0.15, 0.2) is 0 Å². The number of rotatable bonds is 14. The highest BCUT2D eigenvalue weighted by atomic mass is 16.2. The van der Waals surface area contributed by atoms with Gasteiger partial charge in [0.05, 0.1) is 0 Å². The molecule has 0 aliphatic carbocycles. The average molecular weight is 811 g/mol. The monoisotopic (exact) mass is 811 g/mol. The van der Waals surface area contributed by atoms with E-state index in [1.807, 2.05) is 17.3 Å². The second kappa shape index (κ2) is 17.9. The lowest BCUT2D eigenvalue weighted by atomic mass is 10.0. The number of carbonyl (C=O) groups is 1. The van der Waals surface area contributed by atoms with E-state index in [0.717, 1.165) is 124 Å². The van der Waals surface area contributed by atoms with Gasteiger partial charge in [-0.2, -0.15) is 9.97 Å². The van der Waals surface area contributed by atoms with Gasteiger partial charge in [0.25, 0.3) is 0 Å². The van der Waals surface area contributed by atoms with E-state index in [-0.39, 0.29) is 11.9 Å². The lowest BCUT2D eigenvalue weighted by Gasteiger charge is -2.35. The third kappa shape index (κ3) is 8.63. The van der Waals surface area contributed by atoms with Gasteiger partial charge in [-0.25, -0.2) is 9.97 Å². The van der Waals surface area contributed by atoms with Crippen LogP contribution in [-0.2, 0) is 11.2 Å². The third-order valence-electron chi connectivity index (χ3n) is 12.9. The molecule has 2 saturated heterocycles. The van der Waals surface area contributed by atoms with Crippen LogP contribution in [0.5, 0.6) is 0 Å². The molecule has 2 aromatic carbocycles. The summed E-state index contributed by atoms with van der Waals surface area (Å²) in [6.07, 6.45) is 13.3. The molecule has 0 spiro atoms. The van der Waals surface area contributed by atoms with E-state index in [4.69, 9.17) is 19.9 Å². The van der Waals surface area contributed by atoms with E-state index in [1.165, 1.54) is 22.4 Å². The summed E-state index contributed by atoms with van der Waals surface area (Å²) < 4.78 is 4.70. The number of nitrogens with zero attached hydrogens (tertiary/aromatic N) is 10. The van der Waals surface area contributed by atoms with Gasteiger partial charge in [0.1, 0.15) is 11.3 Å². The third-order valence-corrected chi connectivity index (χ3v) is 12.9. The van der Waals surface area contributed by atoms with Crippen LogP contribution in [0.4, 0.5) is 34.6 Å². The Morgan fingerprint density at radius 1 is 0.683 bits per heavy atom. The van der Waals surface area contributed by atoms with Crippen molar-refractivity contribution in [2.24, 2.45) is 0 Å². The van der Waals surface area contributed by atoms with Crippen molar-refractivity contribution in [3.63, 3.8) is 0 Å². The molecular formula is C47H62N12O. The minimum absolute atomic E-state index is 0.143. The van der Waals surface area contributed by atoms with Crippen molar-refractivity contribution in [2.45, 2.75) is 85.7 Å². The first-order valence-electron chi connectivity index (χ1n) is 22.0. The molecular weight excluding hydrogens is 749 g/mol. The van der Waals surface area contributed by atoms with Crippen LogP contribution in [-0.4, -0.2) is 104 Å². The van der Waals surface area contributed by atoms with E-state index in [0.29, 0.717) is 17.9 Å². The number of hydrogen-bond acceptors (Lipinski definition) is 10. The highest BCUT2D eigenvalue weighted by molar-refractivity contribution is 5.82. The summed E-state index contributed by atoms with van der Waals surface area (Å²) in [6.45, 7) is 20.0. The Morgan fingerprint density at radius 3 is 1.80 bits per heavy atom. The van der Waals surface area contributed by atoms with E-state index >= 15 is 0 Å². The SMILES string of the molecule is CCC(CCc1cc(N2CCN(C)CC2)ccc1Nc1ncc2c(C)cn(C(CC)CC)c2n1)n1cc(C)c2cnc(Nc3ccc(N4CCN(C(C)=O)CC4)cc3)nc21. The van der Waals surface area contributed by atoms with Crippen molar-refractivity contribution in [2.75, 3.05) is 79.8 Å². The predicted molar refractivity (Wildman–Crippen MR) is 245 cm³/mol. The molecule has 13 heteroatoms. The van der Waals surface area contributed by atoms with Crippen molar-refractivity contribution in [1.29, 1.82) is 0 Å². The van der Waals surface area contributed by atoms with Gasteiger partial charge in [0, 0.05) is 130 Å². The van der Waals surface area contributed by atoms with Gasteiger partial charge < -0.3 is 39.4 Å². The topological polar surface area (TPSA) is 116 Å². The summed E-state index contributed by atoms with van der Waals surface area (Å²) in [5, 5.41) is 9.31. The number of aryl methyl sites for hydroxylation is 3. The van der Waals surface area contributed by atoms with Gasteiger partial charge >= 0.3 is 0 Å². The maximum absolute atomic E-state index is 11.8.